The molecular formula is C20H27NO4. The summed E-state index contributed by atoms with van der Waals surface area (Å²) in [7, 11) is 1.60. The highest BCUT2D eigenvalue weighted by Crippen LogP contribution is 2.32. The summed E-state index contributed by atoms with van der Waals surface area (Å²) in [4.78, 5) is 26.6. The van der Waals surface area contributed by atoms with Gasteiger partial charge in [-0.25, -0.2) is 4.79 Å². The Morgan fingerprint density at radius 2 is 1.80 bits per heavy atom. The highest BCUT2D eigenvalue weighted by Gasteiger charge is 2.23. The van der Waals surface area contributed by atoms with E-state index < -0.39 is 5.97 Å². The molecular weight excluding hydrogens is 318 g/mol. The van der Waals surface area contributed by atoms with Gasteiger partial charge in [-0.2, -0.15) is 0 Å². The van der Waals surface area contributed by atoms with Crippen molar-refractivity contribution in [3.63, 3.8) is 0 Å². The highest BCUT2D eigenvalue weighted by molar-refractivity contribution is 5.97. The normalized spacial score (nSPS) is 10.0. The molecule has 0 unspecified atom stereocenters. The molecule has 0 amide bonds. The van der Waals surface area contributed by atoms with Crippen molar-refractivity contribution in [3.8, 4) is 16.9 Å². The number of aromatic amines is 1. The van der Waals surface area contributed by atoms with Gasteiger partial charge in [0.25, 0.3) is 0 Å². The van der Waals surface area contributed by atoms with Gasteiger partial charge in [0, 0.05) is 5.56 Å². The van der Waals surface area contributed by atoms with Crippen molar-refractivity contribution in [2.75, 3.05) is 7.11 Å². The molecule has 25 heavy (non-hydrogen) atoms. The molecule has 0 bridgehead atoms. The maximum absolute atomic E-state index is 12.3. The van der Waals surface area contributed by atoms with Gasteiger partial charge in [0.2, 0.25) is 0 Å². The monoisotopic (exact) mass is 345 g/mol. The number of aromatic nitrogens is 1. The molecule has 0 aliphatic heterocycles. The van der Waals surface area contributed by atoms with Crippen LogP contribution < -0.4 is 4.74 Å². The lowest BCUT2D eigenvalue weighted by Gasteiger charge is -2.09. The number of esters is 1. The summed E-state index contributed by atoms with van der Waals surface area (Å²) < 4.78 is 10.4. The molecule has 0 aliphatic rings. The van der Waals surface area contributed by atoms with Crippen molar-refractivity contribution in [2.45, 2.75) is 47.1 Å². The number of hydrogen-bond acceptors (Lipinski definition) is 4. The fourth-order valence-electron chi connectivity index (χ4n) is 2.54. The Bertz CT molecular complexity index is 699. The number of H-pyrrole nitrogens is 1. The Morgan fingerprint density at radius 3 is 2.24 bits per heavy atom. The standard InChI is InChI=1S/C18H21NO4.C2H6/c1-5-14-16(12-6-8-13(22-4)9-7-12)15(10-20)19-17(14)18(21)23-11(2)3;1-2/h6-11,19H,5H2,1-4H3;1-2H3. The maximum atomic E-state index is 12.3. The van der Waals surface area contributed by atoms with E-state index in [1.807, 2.05) is 45.0 Å². The van der Waals surface area contributed by atoms with Crippen LogP contribution in [0.2, 0.25) is 0 Å². The van der Waals surface area contributed by atoms with E-state index in [0.717, 1.165) is 28.7 Å². The third kappa shape index (κ3) is 4.72. The van der Waals surface area contributed by atoms with Crippen molar-refractivity contribution in [2.24, 2.45) is 0 Å². The lowest BCUT2D eigenvalue weighted by atomic mass is 9.98. The van der Waals surface area contributed by atoms with Crippen molar-refractivity contribution >= 4 is 12.3 Å². The number of rotatable bonds is 6. The van der Waals surface area contributed by atoms with Gasteiger partial charge >= 0.3 is 5.97 Å². The van der Waals surface area contributed by atoms with Gasteiger partial charge in [-0.1, -0.05) is 32.9 Å². The first kappa shape index (κ1) is 20.5. The minimum atomic E-state index is -0.445. The van der Waals surface area contributed by atoms with Crippen LogP contribution in [0, 0.1) is 0 Å². The van der Waals surface area contributed by atoms with Gasteiger partial charge in [0.05, 0.1) is 18.9 Å². The van der Waals surface area contributed by atoms with E-state index in [-0.39, 0.29) is 6.10 Å². The predicted octanol–water partition coefficient (Wildman–Crippen LogP) is 4.66. The van der Waals surface area contributed by atoms with Gasteiger partial charge in [0.1, 0.15) is 11.4 Å². The summed E-state index contributed by atoms with van der Waals surface area (Å²) in [5.41, 5.74) is 3.09. The lowest BCUT2D eigenvalue weighted by Crippen LogP contribution is -2.13. The average molecular weight is 345 g/mol. The topological polar surface area (TPSA) is 68.4 Å². The van der Waals surface area contributed by atoms with E-state index in [4.69, 9.17) is 9.47 Å². The average Bonchev–Trinajstić information content (AvgIpc) is 3.01. The van der Waals surface area contributed by atoms with Crippen LogP contribution in [0.3, 0.4) is 0 Å². The lowest BCUT2D eigenvalue weighted by molar-refractivity contribution is 0.0370. The molecule has 5 heteroatoms. The molecule has 1 heterocycles. The third-order valence-corrected chi connectivity index (χ3v) is 3.53. The largest absolute Gasteiger partial charge is 0.497 e. The van der Waals surface area contributed by atoms with E-state index in [9.17, 15) is 9.59 Å². The zero-order valence-corrected chi connectivity index (χ0v) is 15.8. The predicted molar refractivity (Wildman–Crippen MR) is 99.4 cm³/mol. The molecule has 0 atom stereocenters. The number of nitrogens with one attached hydrogen (secondary N) is 1. The third-order valence-electron chi connectivity index (χ3n) is 3.53. The summed E-state index contributed by atoms with van der Waals surface area (Å²) in [6.07, 6.45) is 1.11. The number of methoxy groups -OCH3 is 1. The summed E-state index contributed by atoms with van der Waals surface area (Å²) in [6.45, 7) is 9.52. The van der Waals surface area contributed by atoms with Gasteiger partial charge < -0.3 is 14.5 Å². The van der Waals surface area contributed by atoms with E-state index in [1.165, 1.54) is 0 Å². The van der Waals surface area contributed by atoms with Crippen molar-refractivity contribution in [1.29, 1.82) is 0 Å². The highest BCUT2D eigenvalue weighted by atomic mass is 16.5. The number of hydrogen-bond donors (Lipinski definition) is 1. The molecule has 1 aromatic heterocycles. The van der Waals surface area contributed by atoms with E-state index >= 15 is 0 Å². The zero-order valence-electron chi connectivity index (χ0n) is 15.8. The fraction of sp³-hybridized carbons (Fsp3) is 0.400. The Kier molecular flexibility index (Phi) is 7.92. The van der Waals surface area contributed by atoms with Crippen molar-refractivity contribution < 1.29 is 19.1 Å². The molecule has 0 saturated heterocycles. The van der Waals surface area contributed by atoms with Crippen molar-refractivity contribution in [3.05, 3.63) is 41.2 Å². The van der Waals surface area contributed by atoms with Gasteiger partial charge in [-0.15, -0.1) is 0 Å². The minimum Gasteiger partial charge on any atom is -0.497 e. The first-order valence-electron chi connectivity index (χ1n) is 8.57. The molecule has 1 aromatic carbocycles. The first-order chi connectivity index (χ1) is 12.0. The number of benzene rings is 1. The van der Waals surface area contributed by atoms with E-state index in [2.05, 4.69) is 4.98 Å². The first-order valence-corrected chi connectivity index (χ1v) is 8.57. The molecule has 0 spiro atoms. The second kappa shape index (κ2) is 9.67. The quantitative estimate of drug-likeness (QED) is 0.611. The minimum absolute atomic E-state index is 0.223. The Balaban J connectivity index is 0.00000151. The van der Waals surface area contributed by atoms with Crippen LogP contribution >= 0.6 is 0 Å². The van der Waals surface area contributed by atoms with Gasteiger partial charge in [0.15, 0.2) is 6.29 Å². The van der Waals surface area contributed by atoms with Crippen LogP contribution in [0.15, 0.2) is 24.3 Å². The number of ether oxygens (including phenoxy) is 2. The SMILES string of the molecule is CC.CCc1c(C(=O)OC(C)C)[nH]c(C=O)c1-c1ccc(OC)cc1. The summed E-state index contributed by atoms with van der Waals surface area (Å²) in [5, 5.41) is 0. The van der Waals surface area contributed by atoms with Crippen LogP contribution in [0.4, 0.5) is 0 Å². The van der Waals surface area contributed by atoms with Crippen LogP contribution in [0.5, 0.6) is 5.75 Å². The molecule has 0 radical (unpaired) electrons. The van der Waals surface area contributed by atoms with E-state index in [1.54, 1.807) is 21.0 Å². The van der Waals surface area contributed by atoms with Crippen LogP contribution in [0.25, 0.3) is 11.1 Å². The van der Waals surface area contributed by atoms with Crippen molar-refractivity contribution in [1.82, 2.24) is 4.98 Å². The zero-order chi connectivity index (χ0) is 19.0. The van der Waals surface area contributed by atoms with Crippen LogP contribution in [0.1, 0.15) is 61.2 Å². The van der Waals surface area contributed by atoms with E-state index in [0.29, 0.717) is 17.8 Å². The molecule has 5 nitrogen and oxygen atoms in total. The summed E-state index contributed by atoms with van der Waals surface area (Å²) in [5.74, 6) is 0.286. The summed E-state index contributed by atoms with van der Waals surface area (Å²) >= 11 is 0. The molecule has 0 fully saturated rings. The second-order valence-electron chi connectivity index (χ2n) is 5.42. The smallest absolute Gasteiger partial charge is 0.355 e. The van der Waals surface area contributed by atoms with Gasteiger partial charge in [-0.3, -0.25) is 4.79 Å². The molecule has 2 rings (SSSR count). The molecule has 136 valence electrons. The fourth-order valence-corrected chi connectivity index (χ4v) is 2.54. The molecule has 0 saturated carbocycles. The number of aldehydes is 1. The molecule has 0 aliphatic carbocycles. The Labute approximate surface area is 149 Å². The number of carbonyl (C=O) groups is 2. The maximum Gasteiger partial charge on any atom is 0.355 e. The second-order valence-corrected chi connectivity index (χ2v) is 5.42. The molecule has 2 aromatic rings. The Morgan fingerprint density at radius 1 is 1.20 bits per heavy atom. The molecule has 1 N–H and O–H groups in total. The summed E-state index contributed by atoms with van der Waals surface area (Å²) in [6, 6.07) is 7.38. The Hall–Kier alpha value is -2.56. The van der Waals surface area contributed by atoms with Crippen LogP contribution in [-0.4, -0.2) is 30.5 Å². The van der Waals surface area contributed by atoms with Gasteiger partial charge in [-0.05, 0) is 43.5 Å². The van der Waals surface area contributed by atoms with Crippen LogP contribution in [-0.2, 0) is 11.2 Å². The number of carbonyl (C=O) groups excluding carboxylic acids is 2.